The van der Waals surface area contributed by atoms with Crippen LogP contribution >= 0.6 is 23.2 Å². The van der Waals surface area contributed by atoms with Crippen molar-refractivity contribution in [1.29, 1.82) is 0 Å². The summed E-state index contributed by atoms with van der Waals surface area (Å²) in [7, 11) is 0. The molecule has 0 unspecified atom stereocenters. The molecular formula is C20H25Cl2N2O2+. The fourth-order valence-electron chi connectivity index (χ4n) is 3.24. The Labute approximate surface area is 164 Å². The average molecular weight is 396 g/mol. The van der Waals surface area contributed by atoms with Crippen LogP contribution in [-0.4, -0.2) is 50.5 Å². The molecule has 2 aromatic rings. The average Bonchev–Trinajstić information content (AvgIpc) is 2.64. The lowest BCUT2D eigenvalue weighted by molar-refractivity contribution is -0.903. The Hall–Kier alpha value is -1.30. The van der Waals surface area contributed by atoms with E-state index in [0.29, 0.717) is 24.8 Å². The van der Waals surface area contributed by atoms with Gasteiger partial charge in [-0.25, -0.2) is 0 Å². The zero-order valence-electron chi connectivity index (χ0n) is 14.7. The lowest BCUT2D eigenvalue weighted by atomic mass is 10.2. The molecule has 2 aromatic carbocycles. The molecule has 1 aliphatic heterocycles. The number of aliphatic hydroxyl groups is 1. The fraction of sp³-hybridized carbons (Fsp3) is 0.400. The molecule has 0 bridgehead atoms. The quantitative estimate of drug-likeness (QED) is 0.754. The number of hydrogen-bond donors (Lipinski definition) is 2. The normalized spacial score (nSPS) is 16.7. The SMILES string of the molecule is O[C@H](COCc1ccc(Cl)cc1)C[NH+]1CCN(c2cccc(Cl)c2)CC1. The van der Waals surface area contributed by atoms with Gasteiger partial charge in [0.2, 0.25) is 0 Å². The van der Waals surface area contributed by atoms with E-state index < -0.39 is 6.10 Å². The number of hydrogen-bond acceptors (Lipinski definition) is 3. The molecule has 1 aliphatic rings. The molecule has 4 nitrogen and oxygen atoms in total. The summed E-state index contributed by atoms with van der Waals surface area (Å²) in [6, 6.07) is 15.6. The van der Waals surface area contributed by atoms with Gasteiger partial charge in [-0.2, -0.15) is 0 Å². The third kappa shape index (κ3) is 5.86. The van der Waals surface area contributed by atoms with Gasteiger partial charge in [0, 0.05) is 15.7 Å². The van der Waals surface area contributed by atoms with Crippen LogP contribution in [0.25, 0.3) is 0 Å². The number of aliphatic hydroxyl groups excluding tert-OH is 1. The first-order chi connectivity index (χ1) is 12.6. The minimum atomic E-state index is -0.449. The maximum atomic E-state index is 10.2. The van der Waals surface area contributed by atoms with Crippen LogP contribution in [0, 0.1) is 0 Å². The fourth-order valence-corrected chi connectivity index (χ4v) is 3.55. The van der Waals surface area contributed by atoms with E-state index in [1.807, 2.05) is 42.5 Å². The summed E-state index contributed by atoms with van der Waals surface area (Å²) in [4.78, 5) is 3.75. The van der Waals surface area contributed by atoms with Crippen molar-refractivity contribution in [2.75, 3.05) is 44.2 Å². The van der Waals surface area contributed by atoms with E-state index in [1.165, 1.54) is 10.6 Å². The van der Waals surface area contributed by atoms with Crippen LogP contribution in [0.5, 0.6) is 0 Å². The molecule has 0 amide bonds. The van der Waals surface area contributed by atoms with Gasteiger partial charge < -0.3 is 19.6 Å². The van der Waals surface area contributed by atoms with Gasteiger partial charge in [0.25, 0.3) is 0 Å². The van der Waals surface area contributed by atoms with Crippen molar-refractivity contribution in [1.82, 2.24) is 0 Å². The summed E-state index contributed by atoms with van der Waals surface area (Å²) >= 11 is 11.9. The van der Waals surface area contributed by atoms with Gasteiger partial charge >= 0.3 is 0 Å². The van der Waals surface area contributed by atoms with E-state index in [4.69, 9.17) is 27.9 Å². The Kier molecular flexibility index (Phi) is 7.17. The van der Waals surface area contributed by atoms with Crippen LogP contribution in [-0.2, 0) is 11.3 Å². The van der Waals surface area contributed by atoms with Crippen molar-refractivity contribution in [3.8, 4) is 0 Å². The Morgan fingerprint density at radius 3 is 2.46 bits per heavy atom. The molecule has 1 fully saturated rings. The highest BCUT2D eigenvalue weighted by Crippen LogP contribution is 2.19. The minimum absolute atomic E-state index is 0.351. The van der Waals surface area contributed by atoms with E-state index in [0.717, 1.165) is 36.8 Å². The van der Waals surface area contributed by atoms with Crippen molar-refractivity contribution in [3.63, 3.8) is 0 Å². The van der Waals surface area contributed by atoms with Crippen LogP contribution in [0.3, 0.4) is 0 Å². The highest BCUT2D eigenvalue weighted by atomic mass is 35.5. The molecule has 0 saturated carbocycles. The van der Waals surface area contributed by atoms with Crippen molar-refractivity contribution in [3.05, 3.63) is 64.1 Å². The van der Waals surface area contributed by atoms with Crippen molar-refractivity contribution in [2.24, 2.45) is 0 Å². The van der Waals surface area contributed by atoms with Gasteiger partial charge in [-0.05, 0) is 35.9 Å². The van der Waals surface area contributed by atoms with Crippen molar-refractivity contribution in [2.45, 2.75) is 12.7 Å². The second kappa shape index (κ2) is 9.58. The van der Waals surface area contributed by atoms with Crippen molar-refractivity contribution < 1.29 is 14.7 Å². The summed E-state index contributed by atoms with van der Waals surface area (Å²) in [5.41, 5.74) is 2.23. The molecule has 1 atom stereocenters. The van der Waals surface area contributed by atoms with Gasteiger partial charge in [0.05, 0.1) is 39.4 Å². The number of benzene rings is 2. The summed E-state index contributed by atoms with van der Waals surface area (Å²) < 4.78 is 5.64. The third-order valence-electron chi connectivity index (χ3n) is 4.66. The second-order valence-electron chi connectivity index (χ2n) is 6.72. The predicted octanol–water partition coefficient (Wildman–Crippen LogP) is 2.28. The molecule has 0 spiro atoms. The van der Waals surface area contributed by atoms with Crippen LogP contribution < -0.4 is 9.80 Å². The number of nitrogens with one attached hydrogen (secondary N) is 1. The smallest absolute Gasteiger partial charge is 0.126 e. The number of rotatable bonds is 7. The Bertz CT molecular complexity index is 688. The molecule has 140 valence electrons. The zero-order chi connectivity index (χ0) is 18.4. The van der Waals surface area contributed by atoms with E-state index in [1.54, 1.807) is 0 Å². The number of quaternary nitrogens is 1. The highest BCUT2D eigenvalue weighted by molar-refractivity contribution is 6.31. The molecule has 2 N–H and O–H groups in total. The van der Waals surface area contributed by atoms with Gasteiger partial charge in [0.15, 0.2) is 0 Å². The number of piperazine rings is 1. The topological polar surface area (TPSA) is 37.1 Å². The summed E-state index contributed by atoms with van der Waals surface area (Å²) in [5.74, 6) is 0. The molecule has 26 heavy (non-hydrogen) atoms. The molecule has 3 rings (SSSR count). The number of halogens is 2. The molecule has 6 heteroatoms. The molecule has 1 saturated heterocycles. The van der Waals surface area contributed by atoms with Crippen molar-refractivity contribution >= 4 is 28.9 Å². The Balaban J connectivity index is 1.36. The lowest BCUT2D eigenvalue weighted by Crippen LogP contribution is -3.16. The zero-order valence-corrected chi connectivity index (χ0v) is 16.2. The van der Waals surface area contributed by atoms with Crippen LogP contribution in [0.1, 0.15) is 5.56 Å². The van der Waals surface area contributed by atoms with Crippen LogP contribution in [0.15, 0.2) is 48.5 Å². The maximum Gasteiger partial charge on any atom is 0.126 e. The first-order valence-electron chi connectivity index (χ1n) is 8.94. The molecular weight excluding hydrogens is 371 g/mol. The largest absolute Gasteiger partial charge is 0.385 e. The number of anilines is 1. The van der Waals surface area contributed by atoms with E-state index in [9.17, 15) is 5.11 Å². The maximum absolute atomic E-state index is 10.2. The van der Waals surface area contributed by atoms with Crippen LogP contribution in [0.2, 0.25) is 10.0 Å². The molecule has 0 aliphatic carbocycles. The van der Waals surface area contributed by atoms with E-state index in [2.05, 4.69) is 11.0 Å². The van der Waals surface area contributed by atoms with Crippen LogP contribution in [0.4, 0.5) is 5.69 Å². The number of nitrogens with zero attached hydrogens (tertiary/aromatic N) is 1. The van der Waals surface area contributed by atoms with Gasteiger partial charge in [-0.3, -0.25) is 0 Å². The summed E-state index contributed by atoms with van der Waals surface area (Å²) in [6.45, 7) is 5.49. The minimum Gasteiger partial charge on any atom is -0.385 e. The first kappa shape index (κ1) is 19.5. The lowest BCUT2D eigenvalue weighted by Gasteiger charge is -2.34. The summed E-state index contributed by atoms with van der Waals surface area (Å²) in [6.07, 6.45) is -0.449. The first-order valence-corrected chi connectivity index (χ1v) is 9.70. The monoisotopic (exact) mass is 395 g/mol. The second-order valence-corrected chi connectivity index (χ2v) is 7.59. The number of ether oxygens (including phenoxy) is 1. The van der Waals surface area contributed by atoms with E-state index in [-0.39, 0.29) is 0 Å². The Morgan fingerprint density at radius 2 is 1.77 bits per heavy atom. The third-order valence-corrected chi connectivity index (χ3v) is 5.15. The van der Waals surface area contributed by atoms with Gasteiger partial charge in [-0.15, -0.1) is 0 Å². The highest BCUT2D eigenvalue weighted by Gasteiger charge is 2.22. The summed E-state index contributed by atoms with van der Waals surface area (Å²) in [5, 5.41) is 11.7. The van der Waals surface area contributed by atoms with Gasteiger partial charge in [-0.1, -0.05) is 41.4 Å². The standard InChI is InChI=1S/C20H24Cl2N2O2/c21-17-6-4-16(5-7-17)14-26-15-20(25)13-23-8-10-24(11-9-23)19-3-1-2-18(22)12-19/h1-7,12,20,25H,8-11,13-15H2/p+1/t20-/m0/s1. The van der Waals surface area contributed by atoms with E-state index >= 15 is 0 Å². The molecule has 0 aromatic heterocycles. The van der Waals surface area contributed by atoms with Gasteiger partial charge in [0.1, 0.15) is 12.6 Å². The molecule has 0 radical (unpaired) electrons. The molecule has 1 heterocycles. The Morgan fingerprint density at radius 1 is 1.04 bits per heavy atom. The predicted molar refractivity (Wildman–Crippen MR) is 106 cm³/mol.